The zero-order chi connectivity index (χ0) is 15.7. The third-order valence-electron chi connectivity index (χ3n) is 3.62. The van der Waals surface area contributed by atoms with Crippen LogP contribution in [0.4, 0.5) is 5.69 Å². The van der Waals surface area contributed by atoms with Gasteiger partial charge in [-0.05, 0) is 24.6 Å². The Balaban J connectivity index is 1.72. The Morgan fingerprint density at radius 1 is 1.36 bits per heavy atom. The normalized spacial score (nSPS) is 17.8. The zero-order valence-corrected chi connectivity index (χ0v) is 12.6. The Hall–Kier alpha value is -2.41. The number of nitrogens with zero attached hydrogens (tertiary/aromatic N) is 4. The van der Waals surface area contributed by atoms with Crippen molar-refractivity contribution in [1.82, 2.24) is 14.9 Å². The molecule has 1 N–H and O–H groups in total. The largest absolute Gasteiger partial charge is 0.312 e. The topological polar surface area (TPSA) is 80.1 Å². The lowest BCUT2D eigenvalue weighted by atomic mass is 10.1. The average molecular weight is 320 g/mol. The molecule has 2 heterocycles. The number of rotatable bonds is 3. The molecule has 2 amide bonds. The number of carbonyl (C=O) groups excluding carboxylic acids is 2. The Labute approximate surface area is 131 Å². The first kappa shape index (κ1) is 14.5. The van der Waals surface area contributed by atoms with Gasteiger partial charge in [-0.15, -0.1) is 10.2 Å². The summed E-state index contributed by atoms with van der Waals surface area (Å²) in [5, 5.41) is 7.81. The lowest BCUT2D eigenvalue weighted by Crippen LogP contribution is -2.31. The van der Waals surface area contributed by atoms with Gasteiger partial charge < -0.3 is 4.90 Å². The van der Waals surface area contributed by atoms with Crippen LogP contribution >= 0.6 is 11.6 Å². The van der Waals surface area contributed by atoms with Gasteiger partial charge in [-0.25, -0.2) is 4.68 Å². The van der Waals surface area contributed by atoms with Gasteiger partial charge in [0, 0.05) is 23.7 Å². The van der Waals surface area contributed by atoms with E-state index in [0.717, 1.165) is 5.56 Å². The van der Waals surface area contributed by atoms with Crippen molar-refractivity contribution in [2.75, 3.05) is 16.9 Å². The minimum atomic E-state index is -0.421. The molecule has 1 aliphatic rings. The molecule has 1 saturated heterocycles. The molecule has 22 heavy (non-hydrogen) atoms. The molecule has 2 aromatic rings. The van der Waals surface area contributed by atoms with E-state index in [1.54, 1.807) is 11.0 Å². The third-order valence-corrected chi connectivity index (χ3v) is 4.03. The first-order chi connectivity index (χ1) is 10.5. The Morgan fingerprint density at radius 3 is 2.77 bits per heavy atom. The van der Waals surface area contributed by atoms with Crippen LogP contribution in [0.15, 0.2) is 30.9 Å². The summed E-state index contributed by atoms with van der Waals surface area (Å²) in [4.78, 5) is 25.9. The molecule has 0 spiro atoms. The van der Waals surface area contributed by atoms with Crippen molar-refractivity contribution in [1.29, 1.82) is 0 Å². The van der Waals surface area contributed by atoms with E-state index in [9.17, 15) is 9.59 Å². The van der Waals surface area contributed by atoms with E-state index in [2.05, 4.69) is 15.6 Å². The smallest absolute Gasteiger partial charge is 0.244 e. The molecule has 0 aliphatic carbocycles. The molecular weight excluding hydrogens is 306 g/mol. The van der Waals surface area contributed by atoms with Gasteiger partial charge in [0.15, 0.2) is 0 Å². The van der Waals surface area contributed by atoms with Gasteiger partial charge in [-0.3, -0.25) is 15.0 Å². The van der Waals surface area contributed by atoms with Crippen LogP contribution in [0.5, 0.6) is 0 Å². The summed E-state index contributed by atoms with van der Waals surface area (Å²) in [6.07, 6.45) is 2.93. The summed E-state index contributed by atoms with van der Waals surface area (Å²) >= 11 is 6.10. The standard InChI is InChI=1S/C14H14ClN5O2/c1-9-2-3-11(5-12(9)15)20-6-10(4-13(20)21)14(22)18-19-7-16-17-8-19/h2-3,5,7-8,10H,4,6H2,1H3,(H,18,22). The summed E-state index contributed by atoms with van der Waals surface area (Å²) in [5.41, 5.74) is 4.28. The fraction of sp³-hybridized carbons (Fsp3) is 0.286. The number of nitrogens with one attached hydrogen (secondary N) is 1. The second-order valence-corrected chi connectivity index (χ2v) is 5.59. The number of aromatic nitrogens is 3. The molecule has 0 radical (unpaired) electrons. The van der Waals surface area contributed by atoms with Gasteiger partial charge >= 0.3 is 0 Å². The fourth-order valence-corrected chi connectivity index (χ4v) is 2.53. The van der Waals surface area contributed by atoms with Crippen molar-refractivity contribution >= 4 is 29.1 Å². The molecule has 0 saturated carbocycles. The first-order valence-corrected chi connectivity index (χ1v) is 7.14. The molecule has 7 nitrogen and oxygen atoms in total. The summed E-state index contributed by atoms with van der Waals surface area (Å²) in [5.74, 6) is -0.757. The number of aryl methyl sites for hydroxylation is 1. The molecule has 1 atom stereocenters. The van der Waals surface area contributed by atoms with Gasteiger partial charge in [-0.1, -0.05) is 17.7 Å². The highest BCUT2D eigenvalue weighted by Crippen LogP contribution is 2.28. The molecule has 1 aromatic carbocycles. The zero-order valence-electron chi connectivity index (χ0n) is 11.9. The van der Waals surface area contributed by atoms with Crippen LogP contribution < -0.4 is 10.3 Å². The molecule has 8 heteroatoms. The third kappa shape index (κ3) is 2.80. The summed E-state index contributed by atoms with van der Waals surface area (Å²) in [6, 6.07) is 5.43. The Morgan fingerprint density at radius 2 is 2.09 bits per heavy atom. The van der Waals surface area contributed by atoms with Crippen LogP contribution in [-0.2, 0) is 9.59 Å². The van der Waals surface area contributed by atoms with Crippen molar-refractivity contribution in [3.8, 4) is 0 Å². The van der Waals surface area contributed by atoms with E-state index in [4.69, 9.17) is 11.6 Å². The van der Waals surface area contributed by atoms with Gasteiger partial charge in [0.05, 0.1) is 5.92 Å². The average Bonchev–Trinajstić information content (AvgIpc) is 3.11. The summed E-state index contributed by atoms with van der Waals surface area (Å²) in [7, 11) is 0. The predicted molar refractivity (Wildman–Crippen MR) is 81.0 cm³/mol. The van der Waals surface area contributed by atoms with Crippen molar-refractivity contribution in [2.45, 2.75) is 13.3 Å². The lowest BCUT2D eigenvalue weighted by molar-refractivity contribution is -0.123. The van der Waals surface area contributed by atoms with Crippen LogP contribution in [0.3, 0.4) is 0 Å². The van der Waals surface area contributed by atoms with Crippen molar-refractivity contribution in [3.05, 3.63) is 41.4 Å². The van der Waals surface area contributed by atoms with Gasteiger partial charge in [0.25, 0.3) is 0 Å². The molecule has 0 bridgehead atoms. The minimum absolute atomic E-state index is 0.0937. The minimum Gasteiger partial charge on any atom is -0.312 e. The van der Waals surface area contributed by atoms with Crippen LogP contribution in [0.1, 0.15) is 12.0 Å². The SMILES string of the molecule is Cc1ccc(N2CC(C(=O)Nn3cnnc3)CC2=O)cc1Cl. The summed E-state index contributed by atoms with van der Waals surface area (Å²) < 4.78 is 1.36. The van der Waals surface area contributed by atoms with Crippen LogP contribution in [-0.4, -0.2) is 33.2 Å². The first-order valence-electron chi connectivity index (χ1n) is 6.76. The Bertz CT molecular complexity index is 716. The number of hydrogen-bond acceptors (Lipinski definition) is 4. The molecule has 114 valence electrons. The van der Waals surface area contributed by atoms with Crippen molar-refractivity contribution in [2.24, 2.45) is 5.92 Å². The van der Waals surface area contributed by atoms with Crippen LogP contribution in [0.25, 0.3) is 0 Å². The van der Waals surface area contributed by atoms with Crippen LogP contribution in [0.2, 0.25) is 5.02 Å². The highest BCUT2D eigenvalue weighted by Gasteiger charge is 2.35. The molecule has 1 aliphatic heterocycles. The second kappa shape index (κ2) is 5.76. The molecule has 1 aromatic heterocycles. The quantitative estimate of drug-likeness (QED) is 0.926. The monoisotopic (exact) mass is 319 g/mol. The molecule has 3 rings (SSSR count). The molecule has 1 fully saturated rings. The van der Waals surface area contributed by atoms with Crippen molar-refractivity contribution in [3.63, 3.8) is 0 Å². The number of benzene rings is 1. The van der Waals surface area contributed by atoms with E-state index < -0.39 is 5.92 Å². The lowest BCUT2D eigenvalue weighted by Gasteiger charge is -2.17. The van der Waals surface area contributed by atoms with E-state index in [-0.39, 0.29) is 18.2 Å². The number of carbonyl (C=O) groups is 2. The highest BCUT2D eigenvalue weighted by molar-refractivity contribution is 6.31. The van der Waals surface area contributed by atoms with Crippen molar-refractivity contribution < 1.29 is 9.59 Å². The Kier molecular flexibility index (Phi) is 3.81. The maximum atomic E-state index is 12.2. The van der Waals surface area contributed by atoms with E-state index in [1.165, 1.54) is 17.3 Å². The van der Waals surface area contributed by atoms with Gasteiger partial charge in [-0.2, -0.15) is 0 Å². The van der Waals surface area contributed by atoms with E-state index >= 15 is 0 Å². The van der Waals surface area contributed by atoms with E-state index in [0.29, 0.717) is 17.3 Å². The number of amides is 2. The van der Waals surface area contributed by atoms with Crippen LogP contribution in [0, 0.1) is 12.8 Å². The molecular formula is C14H14ClN5O2. The van der Waals surface area contributed by atoms with E-state index in [1.807, 2.05) is 19.1 Å². The highest BCUT2D eigenvalue weighted by atomic mass is 35.5. The van der Waals surface area contributed by atoms with Gasteiger partial charge in [0.1, 0.15) is 12.7 Å². The van der Waals surface area contributed by atoms with Gasteiger partial charge in [0.2, 0.25) is 11.8 Å². The summed E-state index contributed by atoms with van der Waals surface area (Å²) in [6.45, 7) is 2.22. The molecule has 1 unspecified atom stereocenters. The maximum Gasteiger partial charge on any atom is 0.244 e. The fourth-order valence-electron chi connectivity index (χ4n) is 2.36. The maximum absolute atomic E-state index is 12.2. The predicted octanol–water partition coefficient (Wildman–Crippen LogP) is 1.36. The number of halogens is 1. The number of anilines is 1. The number of hydrogen-bond donors (Lipinski definition) is 1. The second-order valence-electron chi connectivity index (χ2n) is 5.18.